The van der Waals surface area contributed by atoms with Gasteiger partial charge in [-0.1, -0.05) is 0 Å². The molecule has 4 heteroatoms. The molecule has 2 unspecified atom stereocenters. The first-order valence-corrected chi connectivity index (χ1v) is 6.88. The Morgan fingerprint density at radius 2 is 2.06 bits per heavy atom. The fourth-order valence-electron chi connectivity index (χ4n) is 3.30. The monoisotopic (exact) mass is 254 g/mol. The van der Waals surface area contributed by atoms with Gasteiger partial charge in [0.25, 0.3) is 0 Å². The highest BCUT2D eigenvalue weighted by Gasteiger charge is 2.49. The summed E-state index contributed by atoms with van der Waals surface area (Å²) in [4.78, 5) is 14.2. The van der Waals surface area contributed by atoms with E-state index in [4.69, 9.17) is 4.74 Å². The number of nitrogens with zero attached hydrogens (tertiary/aromatic N) is 1. The maximum atomic E-state index is 11.9. The molecule has 2 saturated heterocycles. The van der Waals surface area contributed by atoms with Crippen LogP contribution in [0.4, 0.5) is 0 Å². The van der Waals surface area contributed by atoms with Crippen LogP contribution in [0.1, 0.15) is 34.6 Å². The molecule has 2 fully saturated rings. The van der Waals surface area contributed by atoms with E-state index in [0.29, 0.717) is 18.4 Å². The molecule has 104 valence electrons. The fraction of sp³-hybridized carbons (Fsp3) is 0.929. The highest BCUT2D eigenvalue weighted by atomic mass is 16.6. The predicted octanol–water partition coefficient (Wildman–Crippen LogP) is 1.26. The average molecular weight is 254 g/mol. The summed E-state index contributed by atoms with van der Waals surface area (Å²) in [6, 6.07) is 0. The number of rotatable bonds is 2. The molecule has 0 radical (unpaired) electrons. The molecule has 0 saturated carbocycles. The Bertz CT molecular complexity index is 333. The molecule has 0 aromatic carbocycles. The molecule has 1 N–H and O–H groups in total. The van der Waals surface area contributed by atoms with Crippen molar-refractivity contribution in [1.82, 2.24) is 10.2 Å². The summed E-state index contributed by atoms with van der Waals surface area (Å²) < 4.78 is 5.42. The molecular weight excluding hydrogens is 228 g/mol. The molecule has 0 spiro atoms. The third kappa shape index (κ3) is 2.69. The second kappa shape index (κ2) is 4.49. The standard InChI is InChI=1S/C14H26N2O2/c1-13(2,3)18-12(17)9-16-8-10-6-15-7-11(10)14(16,4)5/h10-11,15H,6-9H2,1-5H3. The van der Waals surface area contributed by atoms with Crippen molar-refractivity contribution in [3.8, 4) is 0 Å². The highest BCUT2D eigenvalue weighted by molar-refractivity contribution is 5.72. The Hall–Kier alpha value is -0.610. The SMILES string of the molecule is CC(C)(C)OC(=O)CN1CC2CNCC2C1(C)C. The lowest BCUT2D eigenvalue weighted by atomic mass is 9.85. The number of nitrogens with one attached hydrogen (secondary N) is 1. The first kappa shape index (κ1) is 13.8. The molecule has 0 aromatic rings. The molecule has 2 aliphatic heterocycles. The van der Waals surface area contributed by atoms with Gasteiger partial charge in [0.05, 0.1) is 6.54 Å². The Morgan fingerprint density at radius 1 is 1.39 bits per heavy atom. The molecule has 0 aliphatic carbocycles. The summed E-state index contributed by atoms with van der Waals surface area (Å²) in [7, 11) is 0. The van der Waals surface area contributed by atoms with Crippen LogP contribution in [0.3, 0.4) is 0 Å². The zero-order chi connectivity index (χ0) is 13.6. The van der Waals surface area contributed by atoms with Crippen molar-refractivity contribution in [2.45, 2.75) is 45.8 Å². The van der Waals surface area contributed by atoms with E-state index < -0.39 is 5.60 Å². The van der Waals surface area contributed by atoms with E-state index in [0.717, 1.165) is 19.6 Å². The van der Waals surface area contributed by atoms with E-state index >= 15 is 0 Å². The molecular formula is C14H26N2O2. The van der Waals surface area contributed by atoms with Crippen LogP contribution >= 0.6 is 0 Å². The summed E-state index contributed by atoms with van der Waals surface area (Å²) in [5.74, 6) is 1.23. The normalized spacial score (nSPS) is 31.4. The van der Waals surface area contributed by atoms with Crippen molar-refractivity contribution in [3.63, 3.8) is 0 Å². The molecule has 0 bridgehead atoms. The molecule has 0 aromatic heterocycles. The van der Waals surface area contributed by atoms with Gasteiger partial charge in [-0.05, 0) is 53.0 Å². The highest BCUT2D eigenvalue weighted by Crippen LogP contribution is 2.40. The Balaban J connectivity index is 1.96. The van der Waals surface area contributed by atoms with Gasteiger partial charge in [-0.2, -0.15) is 0 Å². The zero-order valence-electron chi connectivity index (χ0n) is 12.2. The van der Waals surface area contributed by atoms with Gasteiger partial charge < -0.3 is 10.1 Å². The topological polar surface area (TPSA) is 41.6 Å². The fourth-order valence-corrected chi connectivity index (χ4v) is 3.30. The molecule has 2 rings (SSSR count). The average Bonchev–Trinajstić information content (AvgIpc) is 2.68. The van der Waals surface area contributed by atoms with Gasteiger partial charge in [0, 0.05) is 18.6 Å². The Morgan fingerprint density at radius 3 is 2.61 bits per heavy atom. The summed E-state index contributed by atoms with van der Waals surface area (Å²) in [6.45, 7) is 13.8. The number of hydrogen-bond donors (Lipinski definition) is 1. The number of ether oxygens (including phenoxy) is 1. The second-order valence-electron chi connectivity index (χ2n) is 7.15. The van der Waals surface area contributed by atoms with Crippen LogP contribution in [0.5, 0.6) is 0 Å². The number of esters is 1. The third-order valence-electron chi connectivity index (χ3n) is 4.26. The number of carbonyl (C=O) groups is 1. The van der Waals surface area contributed by atoms with Gasteiger partial charge >= 0.3 is 5.97 Å². The van der Waals surface area contributed by atoms with E-state index in [1.807, 2.05) is 20.8 Å². The summed E-state index contributed by atoms with van der Waals surface area (Å²) in [6.07, 6.45) is 0. The maximum absolute atomic E-state index is 11.9. The van der Waals surface area contributed by atoms with Crippen molar-refractivity contribution < 1.29 is 9.53 Å². The lowest BCUT2D eigenvalue weighted by Crippen LogP contribution is -2.47. The van der Waals surface area contributed by atoms with Crippen LogP contribution in [0, 0.1) is 11.8 Å². The minimum atomic E-state index is -0.390. The summed E-state index contributed by atoms with van der Waals surface area (Å²) in [5.41, 5.74) is -0.302. The van der Waals surface area contributed by atoms with Crippen LogP contribution in [-0.2, 0) is 9.53 Å². The molecule has 2 atom stereocenters. The molecule has 18 heavy (non-hydrogen) atoms. The molecule has 4 nitrogen and oxygen atoms in total. The Kier molecular flexibility index (Phi) is 3.45. The van der Waals surface area contributed by atoms with Gasteiger partial charge in [0.15, 0.2) is 0 Å². The van der Waals surface area contributed by atoms with Crippen molar-refractivity contribution in [2.75, 3.05) is 26.2 Å². The first-order valence-electron chi connectivity index (χ1n) is 6.88. The van der Waals surface area contributed by atoms with Gasteiger partial charge in [0.1, 0.15) is 5.60 Å². The van der Waals surface area contributed by atoms with Gasteiger partial charge in [-0.3, -0.25) is 9.69 Å². The second-order valence-corrected chi connectivity index (χ2v) is 7.15. The molecule has 2 heterocycles. The summed E-state index contributed by atoms with van der Waals surface area (Å²) >= 11 is 0. The Labute approximate surface area is 110 Å². The molecule has 2 aliphatic rings. The van der Waals surface area contributed by atoms with Crippen molar-refractivity contribution in [3.05, 3.63) is 0 Å². The van der Waals surface area contributed by atoms with E-state index in [-0.39, 0.29) is 11.5 Å². The number of likely N-dealkylation sites (tertiary alicyclic amines) is 1. The van der Waals surface area contributed by atoms with Crippen LogP contribution in [0.2, 0.25) is 0 Å². The molecule has 0 amide bonds. The quantitative estimate of drug-likeness (QED) is 0.753. The lowest BCUT2D eigenvalue weighted by Gasteiger charge is -2.35. The van der Waals surface area contributed by atoms with Crippen molar-refractivity contribution >= 4 is 5.97 Å². The van der Waals surface area contributed by atoms with Gasteiger partial charge in [-0.25, -0.2) is 0 Å². The van der Waals surface area contributed by atoms with Crippen molar-refractivity contribution in [2.24, 2.45) is 11.8 Å². The smallest absolute Gasteiger partial charge is 0.320 e. The maximum Gasteiger partial charge on any atom is 0.320 e. The van der Waals surface area contributed by atoms with E-state index in [2.05, 4.69) is 24.1 Å². The lowest BCUT2D eigenvalue weighted by molar-refractivity contribution is -0.157. The minimum Gasteiger partial charge on any atom is -0.459 e. The van der Waals surface area contributed by atoms with Crippen LogP contribution in [-0.4, -0.2) is 48.2 Å². The predicted molar refractivity (Wildman–Crippen MR) is 71.3 cm³/mol. The zero-order valence-corrected chi connectivity index (χ0v) is 12.2. The number of carbonyl (C=O) groups excluding carboxylic acids is 1. The van der Waals surface area contributed by atoms with Crippen LogP contribution in [0.15, 0.2) is 0 Å². The van der Waals surface area contributed by atoms with Crippen LogP contribution in [0.25, 0.3) is 0 Å². The van der Waals surface area contributed by atoms with E-state index in [1.54, 1.807) is 0 Å². The van der Waals surface area contributed by atoms with E-state index in [1.165, 1.54) is 0 Å². The third-order valence-corrected chi connectivity index (χ3v) is 4.26. The first-order chi connectivity index (χ1) is 8.20. The minimum absolute atomic E-state index is 0.0884. The summed E-state index contributed by atoms with van der Waals surface area (Å²) in [5, 5.41) is 3.45. The largest absolute Gasteiger partial charge is 0.459 e. The van der Waals surface area contributed by atoms with Gasteiger partial charge in [0.2, 0.25) is 0 Å². The van der Waals surface area contributed by atoms with Crippen molar-refractivity contribution in [1.29, 1.82) is 0 Å². The van der Waals surface area contributed by atoms with Gasteiger partial charge in [-0.15, -0.1) is 0 Å². The number of fused-ring (bicyclic) bond motifs is 1. The van der Waals surface area contributed by atoms with Crippen LogP contribution < -0.4 is 5.32 Å². The van der Waals surface area contributed by atoms with E-state index in [9.17, 15) is 4.79 Å². The number of hydrogen-bond acceptors (Lipinski definition) is 4.